The van der Waals surface area contributed by atoms with E-state index in [2.05, 4.69) is 16.9 Å². The van der Waals surface area contributed by atoms with Crippen molar-refractivity contribution in [3.8, 4) is 0 Å². The van der Waals surface area contributed by atoms with Gasteiger partial charge >= 0.3 is 0 Å². The minimum absolute atomic E-state index is 0.0667. The summed E-state index contributed by atoms with van der Waals surface area (Å²) in [5.74, 6) is 0.628. The standard InChI is InChI=1S/C7H12N2O/c1-5(6(2)10)9-7(3)8-4/h1H2,2-4H3,(H,8,9). The van der Waals surface area contributed by atoms with Crippen LogP contribution in [0.25, 0.3) is 0 Å². The van der Waals surface area contributed by atoms with E-state index in [1.807, 2.05) is 0 Å². The van der Waals surface area contributed by atoms with Crippen molar-refractivity contribution in [2.24, 2.45) is 4.99 Å². The number of ketones is 1. The van der Waals surface area contributed by atoms with Gasteiger partial charge in [0.15, 0.2) is 5.78 Å². The van der Waals surface area contributed by atoms with Gasteiger partial charge in [-0.1, -0.05) is 6.58 Å². The summed E-state index contributed by atoms with van der Waals surface area (Å²) >= 11 is 0. The number of hydrogen-bond acceptors (Lipinski definition) is 2. The van der Waals surface area contributed by atoms with Gasteiger partial charge in [0.2, 0.25) is 0 Å². The van der Waals surface area contributed by atoms with E-state index in [0.29, 0.717) is 11.5 Å². The Morgan fingerprint density at radius 1 is 1.50 bits per heavy atom. The molecule has 0 fully saturated rings. The predicted molar refractivity (Wildman–Crippen MR) is 42.0 cm³/mol. The first-order valence-electron chi connectivity index (χ1n) is 2.98. The highest BCUT2D eigenvalue weighted by Crippen LogP contribution is 1.85. The fourth-order valence-corrected chi connectivity index (χ4v) is 0.362. The molecule has 0 amide bonds. The van der Waals surface area contributed by atoms with E-state index in [1.54, 1.807) is 14.0 Å². The van der Waals surface area contributed by atoms with Crippen LogP contribution in [0.3, 0.4) is 0 Å². The highest BCUT2D eigenvalue weighted by Gasteiger charge is 1.98. The maximum absolute atomic E-state index is 10.6. The summed E-state index contributed by atoms with van der Waals surface area (Å²) in [5, 5.41) is 2.73. The molecular weight excluding hydrogens is 128 g/mol. The van der Waals surface area contributed by atoms with E-state index in [0.717, 1.165) is 0 Å². The van der Waals surface area contributed by atoms with E-state index < -0.39 is 0 Å². The van der Waals surface area contributed by atoms with Gasteiger partial charge in [-0.15, -0.1) is 0 Å². The zero-order chi connectivity index (χ0) is 8.15. The third-order valence-corrected chi connectivity index (χ3v) is 1.09. The Morgan fingerprint density at radius 2 is 2.00 bits per heavy atom. The van der Waals surface area contributed by atoms with E-state index in [4.69, 9.17) is 0 Å². The SMILES string of the molecule is C=C(NC(C)=NC)C(C)=O. The van der Waals surface area contributed by atoms with Gasteiger partial charge < -0.3 is 5.32 Å². The molecule has 0 saturated carbocycles. The van der Waals surface area contributed by atoms with Crippen molar-refractivity contribution in [3.05, 3.63) is 12.3 Å². The Labute approximate surface area is 60.8 Å². The maximum atomic E-state index is 10.6. The average Bonchev–Trinajstić information content (AvgIpc) is 1.87. The number of Topliss-reactive ketones (excluding diaryl/α,β-unsaturated/α-hetero) is 1. The van der Waals surface area contributed by atoms with Crippen molar-refractivity contribution in [1.82, 2.24) is 5.32 Å². The van der Waals surface area contributed by atoms with E-state index >= 15 is 0 Å². The molecule has 0 atom stereocenters. The van der Waals surface area contributed by atoms with Gasteiger partial charge in [0.05, 0.1) is 11.5 Å². The third-order valence-electron chi connectivity index (χ3n) is 1.09. The smallest absolute Gasteiger partial charge is 0.175 e. The van der Waals surface area contributed by atoms with Gasteiger partial charge in [-0.3, -0.25) is 9.79 Å². The van der Waals surface area contributed by atoms with Crippen LogP contribution in [-0.4, -0.2) is 18.7 Å². The number of aliphatic imine (C=N–C) groups is 1. The number of nitrogens with zero attached hydrogens (tertiary/aromatic N) is 1. The lowest BCUT2D eigenvalue weighted by Gasteiger charge is -2.03. The number of allylic oxidation sites excluding steroid dienone is 1. The van der Waals surface area contributed by atoms with Crippen molar-refractivity contribution in [2.45, 2.75) is 13.8 Å². The van der Waals surface area contributed by atoms with Gasteiger partial charge in [0.1, 0.15) is 0 Å². The second-order valence-corrected chi connectivity index (χ2v) is 1.97. The molecule has 0 aromatic heterocycles. The molecule has 0 radical (unpaired) electrons. The van der Waals surface area contributed by atoms with E-state index in [-0.39, 0.29) is 5.78 Å². The van der Waals surface area contributed by atoms with Crippen LogP contribution in [0.15, 0.2) is 17.3 Å². The molecule has 0 bridgehead atoms. The van der Waals surface area contributed by atoms with Crippen molar-refractivity contribution in [2.75, 3.05) is 7.05 Å². The first-order valence-corrected chi connectivity index (χ1v) is 2.98. The van der Waals surface area contributed by atoms with Gasteiger partial charge in [0.25, 0.3) is 0 Å². The Balaban J connectivity index is 3.93. The van der Waals surface area contributed by atoms with Crippen LogP contribution in [0, 0.1) is 0 Å². The molecule has 0 rings (SSSR count). The van der Waals surface area contributed by atoms with Crippen LogP contribution in [0.5, 0.6) is 0 Å². The van der Waals surface area contributed by atoms with Crippen LogP contribution >= 0.6 is 0 Å². The van der Waals surface area contributed by atoms with Crippen LogP contribution in [0.1, 0.15) is 13.8 Å². The summed E-state index contributed by atoms with van der Waals surface area (Å²) in [6.07, 6.45) is 0. The minimum Gasteiger partial charge on any atom is -0.342 e. The molecule has 0 heterocycles. The topological polar surface area (TPSA) is 41.5 Å². The Kier molecular flexibility index (Phi) is 3.39. The summed E-state index contributed by atoms with van der Waals surface area (Å²) in [4.78, 5) is 14.4. The summed E-state index contributed by atoms with van der Waals surface area (Å²) in [7, 11) is 1.65. The number of carbonyl (C=O) groups excluding carboxylic acids is 1. The molecule has 0 unspecified atom stereocenters. The molecule has 1 N–H and O–H groups in total. The lowest BCUT2D eigenvalue weighted by molar-refractivity contribution is -0.113. The minimum atomic E-state index is -0.0667. The monoisotopic (exact) mass is 140 g/mol. The molecule has 0 aliphatic carbocycles. The Bertz CT molecular complexity index is 182. The van der Waals surface area contributed by atoms with Crippen LogP contribution in [0.2, 0.25) is 0 Å². The molecule has 0 aromatic carbocycles. The largest absolute Gasteiger partial charge is 0.342 e. The highest BCUT2D eigenvalue weighted by atomic mass is 16.1. The molecular formula is C7H12N2O. The van der Waals surface area contributed by atoms with Gasteiger partial charge in [-0.05, 0) is 6.92 Å². The first kappa shape index (κ1) is 8.88. The van der Waals surface area contributed by atoms with Crippen LogP contribution < -0.4 is 5.32 Å². The fraction of sp³-hybridized carbons (Fsp3) is 0.429. The van der Waals surface area contributed by atoms with Gasteiger partial charge in [-0.25, -0.2) is 0 Å². The molecule has 0 aromatic rings. The van der Waals surface area contributed by atoms with Gasteiger partial charge in [0, 0.05) is 14.0 Å². The lowest BCUT2D eigenvalue weighted by atomic mass is 10.3. The zero-order valence-corrected chi connectivity index (χ0v) is 6.56. The fourth-order valence-electron chi connectivity index (χ4n) is 0.362. The predicted octanol–water partition coefficient (Wildman–Crippen LogP) is 0.727. The molecule has 0 aliphatic heterocycles. The molecule has 56 valence electrons. The summed E-state index contributed by atoms with van der Waals surface area (Å²) in [6.45, 7) is 6.73. The molecule has 3 nitrogen and oxygen atoms in total. The van der Waals surface area contributed by atoms with Crippen LogP contribution in [0.4, 0.5) is 0 Å². The second kappa shape index (κ2) is 3.82. The average molecular weight is 140 g/mol. The quantitative estimate of drug-likeness (QED) is 0.349. The zero-order valence-electron chi connectivity index (χ0n) is 6.56. The van der Waals surface area contributed by atoms with E-state index in [9.17, 15) is 4.79 Å². The van der Waals surface area contributed by atoms with Gasteiger partial charge in [-0.2, -0.15) is 0 Å². The maximum Gasteiger partial charge on any atom is 0.175 e. The highest BCUT2D eigenvalue weighted by molar-refractivity contribution is 5.97. The molecule has 0 saturated heterocycles. The first-order chi connectivity index (χ1) is 4.57. The van der Waals surface area contributed by atoms with Crippen molar-refractivity contribution >= 4 is 11.6 Å². The Hall–Kier alpha value is -1.12. The van der Waals surface area contributed by atoms with Crippen molar-refractivity contribution in [3.63, 3.8) is 0 Å². The molecule has 0 aliphatic rings. The van der Waals surface area contributed by atoms with Crippen molar-refractivity contribution < 1.29 is 4.79 Å². The number of rotatable bonds is 2. The third kappa shape index (κ3) is 3.02. The van der Waals surface area contributed by atoms with E-state index in [1.165, 1.54) is 6.92 Å². The Morgan fingerprint density at radius 3 is 2.30 bits per heavy atom. The summed E-state index contributed by atoms with van der Waals surface area (Å²) < 4.78 is 0. The number of nitrogens with one attached hydrogen (secondary N) is 1. The lowest BCUT2D eigenvalue weighted by Crippen LogP contribution is -2.22. The number of amidine groups is 1. The molecule has 0 spiro atoms. The summed E-state index contributed by atoms with van der Waals surface area (Å²) in [5.41, 5.74) is 0.378. The second-order valence-electron chi connectivity index (χ2n) is 1.97. The van der Waals surface area contributed by atoms with Crippen molar-refractivity contribution in [1.29, 1.82) is 0 Å². The number of hydrogen-bond donors (Lipinski definition) is 1. The van der Waals surface area contributed by atoms with Crippen LogP contribution in [-0.2, 0) is 4.79 Å². The number of carbonyl (C=O) groups is 1. The normalized spacial score (nSPS) is 10.9. The molecule has 10 heavy (non-hydrogen) atoms. The summed E-state index contributed by atoms with van der Waals surface area (Å²) in [6, 6.07) is 0. The molecule has 3 heteroatoms.